The van der Waals surface area contributed by atoms with Crippen LogP contribution in [-0.4, -0.2) is 24.4 Å². The Kier molecular flexibility index (Phi) is 4.48. The number of hydrogen-bond donors (Lipinski definition) is 2. The second-order valence-electron chi connectivity index (χ2n) is 5.67. The second-order valence-corrected chi connectivity index (χ2v) is 5.67. The standard InChI is InChI=1S/C15H24O4/c1-7-15(16,17)11-9-12(18-5)10(14(2,3)4)8-13(11)19-6/h8-9,16-17H,7H2,1-6H3. The summed E-state index contributed by atoms with van der Waals surface area (Å²) in [6, 6.07) is 3.45. The van der Waals surface area contributed by atoms with Gasteiger partial charge in [-0.2, -0.15) is 0 Å². The summed E-state index contributed by atoms with van der Waals surface area (Å²) in [6.45, 7) is 7.89. The van der Waals surface area contributed by atoms with Gasteiger partial charge in [0.05, 0.1) is 19.8 Å². The van der Waals surface area contributed by atoms with Crippen LogP contribution in [0.25, 0.3) is 0 Å². The van der Waals surface area contributed by atoms with Crippen molar-refractivity contribution in [2.45, 2.75) is 45.3 Å². The Bertz CT molecular complexity index is 444. The van der Waals surface area contributed by atoms with Crippen LogP contribution in [0.2, 0.25) is 0 Å². The first-order valence-electron chi connectivity index (χ1n) is 6.39. The van der Waals surface area contributed by atoms with Gasteiger partial charge in [-0.15, -0.1) is 0 Å². The molecular formula is C15H24O4. The van der Waals surface area contributed by atoms with Crippen LogP contribution in [0.15, 0.2) is 12.1 Å². The third kappa shape index (κ3) is 3.19. The first-order valence-corrected chi connectivity index (χ1v) is 6.39. The lowest BCUT2D eigenvalue weighted by Crippen LogP contribution is -2.25. The van der Waals surface area contributed by atoms with E-state index in [1.54, 1.807) is 20.1 Å². The molecule has 0 amide bonds. The third-order valence-electron chi connectivity index (χ3n) is 3.25. The SMILES string of the molecule is CCC(O)(O)c1cc(OC)c(C(C)(C)C)cc1OC. The molecular weight excluding hydrogens is 244 g/mol. The van der Waals surface area contributed by atoms with E-state index in [4.69, 9.17) is 9.47 Å². The molecule has 0 aromatic heterocycles. The molecule has 1 aromatic rings. The van der Waals surface area contributed by atoms with E-state index in [1.807, 2.05) is 6.07 Å². The molecule has 0 radical (unpaired) electrons. The Labute approximate surface area is 115 Å². The summed E-state index contributed by atoms with van der Waals surface area (Å²) in [5.74, 6) is -0.837. The smallest absolute Gasteiger partial charge is 0.193 e. The molecule has 1 rings (SSSR count). The van der Waals surface area contributed by atoms with E-state index in [-0.39, 0.29) is 11.8 Å². The summed E-state index contributed by atoms with van der Waals surface area (Å²) in [5.41, 5.74) is 1.15. The van der Waals surface area contributed by atoms with E-state index in [1.165, 1.54) is 7.11 Å². The van der Waals surface area contributed by atoms with Gasteiger partial charge in [0.2, 0.25) is 0 Å². The first-order chi connectivity index (χ1) is 8.67. The zero-order chi connectivity index (χ0) is 14.8. The highest BCUT2D eigenvalue weighted by atomic mass is 16.5. The fourth-order valence-electron chi connectivity index (χ4n) is 1.99. The highest BCUT2D eigenvalue weighted by Gasteiger charge is 2.31. The van der Waals surface area contributed by atoms with Crippen molar-refractivity contribution in [3.8, 4) is 11.5 Å². The minimum absolute atomic E-state index is 0.128. The van der Waals surface area contributed by atoms with Gasteiger partial charge < -0.3 is 19.7 Å². The number of ether oxygens (including phenoxy) is 2. The van der Waals surface area contributed by atoms with Gasteiger partial charge in [0, 0.05) is 12.0 Å². The monoisotopic (exact) mass is 268 g/mol. The summed E-state index contributed by atoms with van der Waals surface area (Å²) in [5, 5.41) is 20.1. The second kappa shape index (κ2) is 5.39. The predicted molar refractivity (Wildman–Crippen MR) is 74.7 cm³/mol. The van der Waals surface area contributed by atoms with Crippen molar-refractivity contribution in [1.29, 1.82) is 0 Å². The van der Waals surface area contributed by atoms with Crippen LogP contribution in [0.5, 0.6) is 11.5 Å². The van der Waals surface area contributed by atoms with Crippen LogP contribution in [-0.2, 0) is 11.2 Å². The summed E-state index contributed by atoms with van der Waals surface area (Å²) in [6.07, 6.45) is 0.168. The molecule has 0 spiro atoms. The fourth-order valence-corrected chi connectivity index (χ4v) is 1.99. The highest BCUT2D eigenvalue weighted by Crippen LogP contribution is 2.40. The Balaban J connectivity index is 3.53. The van der Waals surface area contributed by atoms with Gasteiger partial charge in [-0.3, -0.25) is 0 Å². The maximum atomic E-state index is 10.0. The lowest BCUT2D eigenvalue weighted by molar-refractivity contribution is -0.172. The van der Waals surface area contributed by atoms with E-state index in [9.17, 15) is 10.2 Å². The van der Waals surface area contributed by atoms with Crippen molar-refractivity contribution in [1.82, 2.24) is 0 Å². The lowest BCUT2D eigenvalue weighted by atomic mass is 9.84. The number of rotatable bonds is 4. The Morgan fingerprint density at radius 1 is 0.947 bits per heavy atom. The lowest BCUT2D eigenvalue weighted by Gasteiger charge is -2.28. The predicted octanol–water partition coefficient (Wildman–Crippen LogP) is 2.55. The molecule has 4 nitrogen and oxygen atoms in total. The van der Waals surface area contributed by atoms with Crippen LogP contribution in [0.4, 0.5) is 0 Å². The van der Waals surface area contributed by atoms with Crippen molar-refractivity contribution >= 4 is 0 Å². The first kappa shape index (κ1) is 15.8. The largest absolute Gasteiger partial charge is 0.496 e. The molecule has 4 heteroatoms. The molecule has 0 fully saturated rings. The molecule has 0 saturated heterocycles. The Morgan fingerprint density at radius 3 is 1.74 bits per heavy atom. The van der Waals surface area contributed by atoms with Gasteiger partial charge in [0.25, 0.3) is 0 Å². The number of hydrogen-bond acceptors (Lipinski definition) is 4. The number of benzene rings is 1. The van der Waals surface area contributed by atoms with Crippen molar-refractivity contribution in [3.05, 3.63) is 23.3 Å². The van der Waals surface area contributed by atoms with Gasteiger partial charge >= 0.3 is 0 Å². The van der Waals surface area contributed by atoms with Crippen molar-refractivity contribution in [3.63, 3.8) is 0 Å². The molecule has 0 saturated carbocycles. The minimum atomic E-state index is -1.92. The van der Waals surface area contributed by atoms with Crippen LogP contribution in [0.3, 0.4) is 0 Å². The van der Waals surface area contributed by atoms with E-state index >= 15 is 0 Å². The van der Waals surface area contributed by atoms with E-state index < -0.39 is 5.79 Å². The van der Waals surface area contributed by atoms with Crippen molar-refractivity contribution in [2.24, 2.45) is 0 Å². The van der Waals surface area contributed by atoms with Gasteiger partial charge in [-0.25, -0.2) is 0 Å². The Hall–Kier alpha value is -1.26. The molecule has 108 valence electrons. The van der Waals surface area contributed by atoms with Gasteiger partial charge in [0.15, 0.2) is 5.79 Å². The quantitative estimate of drug-likeness (QED) is 0.824. The van der Waals surface area contributed by atoms with Crippen LogP contribution in [0.1, 0.15) is 45.2 Å². The molecule has 19 heavy (non-hydrogen) atoms. The number of aliphatic hydroxyl groups is 2. The van der Waals surface area contributed by atoms with Gasteiger partial charge in [0.1, 0.15) is 11.5 Å². The van der Waals surface area contributed by atoms with Crippen molar-refractivity contribution in [2.75, 3.05) is 14.2 Å². The van der Waals surface area contributed by atoms with E-state index in [2.05, 4.69) is 20.8 Å². The minimum Gasteiger partial charge on any atom is -0.496 e. The maximum absolute atomic E-state index is 10.0. The summed E-state index contributed by atoms with van der Waals surface area (Å²) < 4.78 is 10.7. The summed E-state index contributed by atoms with van der Waals surface area (Å²) in [4.78, 5) is 0. The summed E-state index contributed by atoms with van der Waals surface area (Å²) in [7, 11) is 3.09. The van der Waals surface area contributed by atoms with Crippen LogP contribution in [0, 0.1) is 0 Å². The summed E-state index contributed by atoms with van der Waals surface area (Å²) >= 11 is 0. The number of methoxy groups -OCH3 is 2. The zero-order valence-electron chi connectivity index (χ0n) is 12.6. The average Bonchev–Trinajstić information content (AvgIpc) is 2.35. The van der Waals surface area contributed by atoms with Gasteiger partial charge in [-0.05, 0) is 17.5 Å². The van der Waals surface area contributed by atoms with Crippen LogP contribution < -0.4 is 9.47 Å². The molecule has 0 aliphatic carbocycles. The third-order valence-corrected chi connectivity index (χ3v) is 3.25. The molecule has 0 heterocycles. The highest BCUT2D eigenvalue weighted by molar-refractivity contribution is 5.50. The molecule has 2 N–H and O–H groups in total. The molecule has 0 aliphatic heterocycles. The van der Waals surface area contributed by atoms with Crippen LogP contribution >= 0.6 is 0 Å². The maximum Gasteiger partial charge on any atom is 0.193 e. The normalized spacial score (nSPS) is 12.4. The molecule has 0 atom stereocenters. The topological polar surface area (TPSA) is 58.9 Å². The molecule has 0 bridgehead atoms. The molecule has 1 aromatic carbocycles. The Morgan fingerprint density at radius 2 is 1.37 bits per heavy atom. The van der Waals surface area contributed by atoms with E-state index in [0.717, 1.165) is 5.56 Å². The molecule has 0 unspecified atom stereocenters. The fraction of sp³-hybridized carbons (Fsp3) is 0.600. The average molecular weight is 268 g/mol. The van der Waals surface area contributed by atoms with E-state index in [0.29, 0.717) is 17.1 Å². The molecule has 0 aliphatic rings. The van der Waals surface area contributed by atoms with Gasteiger partial charge in [-0.1, -0.05) is 27.7 Å². The zero-order valence-corrected chi connectivity index (χ0v) is 12.6. The van der Waals surface area contributed by atoms with Crippen molar-refractivity contribution < 1.29 is 19.7 Å².